The molecule has 21 heavy (non-hydrogen) atoms. The van der Waals surface area contributed by atoms with Crippen LogP contribution in [0.2, 0.25) is 0 Å². The minimum Gasteiger partial charge on any atom is -0.271 e. The molecule has 0 saturated carbocycles. The molecule has 1 aliphatic rings. The number of anilines is 1. The fraction of sp³-hybridized carbons (Fsp3) is 0.611. The van der Waals surface area contributed by atoms with Crippen molar-refractivity contribution in [3.05, 3.63) is 28.8 Å². The first-order chi connectivity index (χ1) is 9.28. The molecule has 0 atom stereocenters. The van der Waals surface area contributed by atoms with Crippen LogP contribution in [0.1, 0.15) is 72.1 Å². The molecular formula is C18H26NO2. The lowest BCUT2D eigenvalue weighted by Gasteiger charge is -2.28. The summed E-state index contributed by atoms with van der Waals surface area (Å²) in [5.74, 6) is -0.367. The van der Waals surface area contributed by atoms with Gasteiger partial charge in [-0.2, -0.15) is 5.06 Å². The zero-order valence-electron chi connectivity index (χ0n) is 14.4. The summed E-state index contributed by atoms with van der Waals surface area (Å²) in [6.07, 6.45) is 0. The molecule has 0 aliphatic carbocycles. The quantitative estimate of drug-likeness (QED) is 0.703. The van der Waals surface area contributed by atoms with Crippen molar-refractivity contribution < 1.29 is 10.0 Å². The SMILES string of the molecule is CC(C)(C)c1cc(C(C)(C)C)c2c(c1)C(C)(C)C(=O)N2[O]. The maximum absolute atomic E-state index is 12.4. The van der Waals surface area contributed by atoms with Crippen molar-refractivity contribution in [1.82, 2.24) is 0 Å². The highest BCUT2D eigenvalue weighted by Gasteiger charge is 2.47. The summed E-state index contributed by atoms with van der Waals surface area (Å²) in [5, 5.41) is 13.0. The lowest BCUT2D eigenvalue weighted by Crippen LogP contribution is -2.33. The van der Waals surface area contributed by atoms with Gasteiger partial charge in [0, 0.05) is 0 Å². The van der Waals surface area contributed by atoms with E-state index in [2.05, 4.69) is 47.6 Å². The Bertz CT molecular complexity index is 601. The van der Waals surface area contributed by atoms with Gasteiger partial charge in [-0.15, -0.1) is 0 Å². The number of benzene rings is 1. The number of amides is 1. The van der Waals surface area contributed by atoms with Crippen molar-refractivity contribution in [2.24, 2.45) is 0 Å². The number of hydrogen-bond acceptors (Lipinski definition) is 1. The summed E-state index contributed by atoms with van der Waals surface area (Å²) in [6, 6.07) is 4.14. The molecule has 1 heterocycles. The molecule has 1 aliphatic heterocycles. The minimum absolute atomic E-state index is 0.0234. The normalized spacial score (nSPS) is 18.1. The van der Waals surface area contributed by atoms with Crippen molar-refractivity contribution >= 4 is 11.6 Å². The smallest absolute Gasteiger partial charge is 0.263 e. The first-order valence-corrected chi connectivity index (χ1v) is 7.49. The van der Waals surface area contributed by atoms with Gasteiger partial charge < -0.3 is 0 Å². The lowest BCUT2D eigenvalue weighted by atomic mass is 9.75. The molecule has 3 heteroatoms. The average molecular weight is 288 g/mol. The van der Waals surface area contributed by atoms with E-state index in [1.54, 1.807) is 0 Å². The van der Waals surface area contributed by atoms with E-state index in [1.165, 1.54) is 5.56 Å². The molecule has 1 aromatic rings. The van der Waals surface area contributed by atoms with Crippen LogP contribution >= 0.6 is 0 Å². The van der Waals surface area contributed by atoms with E-state index in [1.807, 2.05) is 19.9 Å². The average Bonchev–Trinajstić information content (AvgIpc) is 2.48. The maximum Gasteiger partial charge on any atom is 0.263 e. The molecule has 0 N–H and O–H groups in total. The molecule has 2 rings (SSSR count). The summed E-state index contributed by atoms with van der Waals surface area (Å²) in [7, 11) is 0. The summed E-state index contributed by atoms with van der Waals surface area (Å²) >= 11 is 0. The standard InChI is InChI=1S/C18H26NO2/c1-16(2,3)11-9-12(17(4,5)6)14-13(10-11)18(7,8)15(20)19(14)21/h9-10H,1-8H3. The Hall–Kier alpha value is -1.35. The van der Waals surface area contributed by atoms with Gasteiger partial charge in [0.2, 0.25) is 0 Å². The first kappa shape index (κ1) is 16.0. The van der Waals surface area contributed by atoms with Crippen LogP contribution in [0, 0.1) is 0 Å². The van der Waals surface area contributed by atoms with E-state index in [-0.39, 0.29) is 16.7 Å². The number of hydroxylamine groups is 1. The Labute approximate surface area is 127 Å². The van der Waals surface area contributed by atoms with Gasteiger partial charge in [0.1, 0.15) is 0 Å². The van der Waals surface area contributed by atoms with Crippen molar-refractivity contribution in [2.45, 2.75) is 71.6 Å². The number of hydrogen-bond donors (Lipinski definition) is 0. The number of nitrogens with zero attached hydrogens (tertiary/aromatic N) is 1. The van der Waals surface area contributed by atoms with Gasteiger partial charge in [-0.25, -0.2) is 0 Å². The predicted octanol–water partition coefficient (Wildman–Crippen LogP) is 4.25. The molecular weight excluding hydrogens is 262 g/mol. The van der Waals surface area contributed by atoms with Gasteiger partial charge in [0.05, 0.1) is 11.1 Å². The number of carbonyl (C=O) groups is 1. The molecule has 0 aromatic heterocycles. The van der Waals surface area contributed by atoms with E-state index < -0.39 is 5.41 Å². The van der Waals surface area contributed by atoms with Gasteiger partial charge in [-0.3, -0.25) is 4.79 Å². The van der Waals surface area contributed by atoms with Crippen LogP contribution in [0.3, 0.4) is 0 Å². The zero-order valence-corrected chi connectivity index (χ0v) is 14.4. The van der Waals surface area contributed by atoms with E-state index in [0.717, 1.165) is 11.1 Å². The topological polar surface area (TPSA) is 40.2 Å². The van der Waals surface area contributed by atoms with E-state index in [4.69, 9.17) is 0 Å². The van der Waals surface area contributed by atoms with Gasteiger partial charge in [0.25, 0.3) is 5.91 Å². The molecule has 115 valence electrons. The van der Waals surface area contributed by atoms with Gasteiger partial charge in [-0.05, 0) is 41.4 Å². The Morgan fingerprint density at radius 3 is 1.90 bits per heavy atom. The molecule has 0 spiro atoms. The molecule has 1 amide bonds. The lowest BCUT2D eigenvalue weighted by molar-refractivity contribution is -0.129. The van der Waals surface area contributed by atoms with Crippen LogP contribution in [0.4, 0.5) is 5.69 Å². The number of carbonyl (C=O) groups excluding carboxylic acids is 1. The first-order valence-electron chi connectivity index (χ1n) is 7.49. The van der Waals surface area contributed by atoms with Crippen LogP contribution in [0.25, 0.3) is 0 Å². The second-order valence-corrected chi connectivity index (χ2v) is 8.64. The maximum atomic E-state index is 12.4. The third kappa shape index (κ3) is 2.38. The highest BCUT2D eigenvalue weighted by atomic mass is 16.5. The van der Waals surface area contributed by atoms with Crippen LogP contribution in [0.5, 0.6) is 0 Å². The van der Waals surface area contributed by atoms with Crippen molar-refractivity contribution in [2.75, 3.05) is 5.06 Å². The van der Waals surface area contributed by atoms with E-state index in [9.17, 15) is 10.0 Å². The Morgan fingerprint density at radius 2 is 1.48 bits per heavy atom. The highest BCUT2D eigenvalue weighted by Crippen LogP contribution is 2.48. The molecule has 0 saturated heterocycles. The summed E-state index contributed by atoms with van der Waals surface area (Å²) in [5.41, 5.74) is 2.59. The molecule has 1 radical (unpaired) electrons. The summed E-state index contributed by atoms with van der Waals surface area (Å²) in [6.45, 7) is 16.4. The Balaban J connectivity index is 2.86. The van der Waals surface area contributed by atoms with Gasteiger partial charge in [-0.1, -0.05) is 58.9 Å². The Kier molecular flexibility index (Phi) is 3.30. The van der Waals surface area contributed by atoms with Crippen LogP contribution in [0.15, 0.2) is 12.1 Å². The third-order valence-corrected chi connectivity index (χ3v) is 4.38. The van der Waals surface area contributed by atoms with E-state index in [0.29, 0.717) is 10.8 Å². The minimum atomic E-state index is -0.752. The number of fused-ring (bicyclic) bond motifs is 1. The molecule has 0 fully saturated rings. The fourth-order valence-electron chi connectivity index (χ4n) is 2.81. The van der Waals surface area contributed by atoms with Crippen molar-refractivity contribution in [3.8, 4) is 0 Å². The molecule has 1 aromatic carbocycles. The number of rotatable bonds is 0. The Morgan fingerprint density at radius 1 is 0.952 bits per heavy atom. The summed E-state index contributed by atoms with van der Waals surface area (Å²) < 4.78 is 0. The highest BCUT2D eigenvalue weighted by molar-refractivity contribution is 6.06. The second-order valence-electron chi connectivity index (χ2n) is 8.64. The summed E-state index contributed by atoms with van der Waals surface area (Å²) in [4.78, 5) is 12.3. The largest absolute Gasteiger partial charge is 0.271 e. The van der Waals surface area contributed by atoms with Crippen LogP contribution in [-0.4, -0.2) is 5.91 Å². The van der Waals surface area contributed by atoms with Crippen molar-refractivity contribution in [3.63, 3.8) is 0 Å². The predicted molar refractivity (Wildman–Crippen MR) is 85.0 cm³/mol. The van der Waals surface area contributed by atoms with Crippen molar-refractivity contribution in [1.29, 1.82) is 0 Å². The second kappa shape index (κ2) is 4.33. The molecule has 3 nitrogen and oxygen atoms in total. The molecule has 0 unspecified atom stereocenters. The fourth-order valence-corrected chi connectivity index (χ4v) is 2.81. The zero-order chi connectivity index (χ0) is 16.4. The monoisotopic (exact) mass is 288 g/mol. The third-order valence-electron chi connectivity index (χ3n) is 4.38. The van der Waals surface area contributed by atoms with Crippen LogP contribution in [-0.2, 0) is 26.2 Å². The van der Waals surface area contributed by atoms with E-state index >= 15 is 0 Å². The van der Waals surface area contributed by atoms with Gasteiger partial charge >= 0.3 is 0 Å². The van der Waals surface area contributed by atoms with Gasteiger partial charge in [0.15, 0.2) is 0 Å². The van der Waals surface area contributed by atoms with Crippen LogP contribution < -0.4 is 5.06 Å². The molecule has 0 bridgehead atoms.